The molecule has 0 saturated carbocycles. The van der Waals surface area contributed by atoms with Crippen molar-refractivity contribution < 1.29 is 8.42 Å². The molecular formula is C13H21ClN2O2S2. The molecule has 1 aromatic rings. The van der Waals surface area contributed by atoms with E-state index >= 15 is 0 Å². The molecule has 0 radical (unpaired) electrons. The van der Waals surface area contributed by atoms with Gasteiger partial charge in [0.2, 0.25) is 10.0 Å². The first-order valence-electron chi connectivity index (χ1n) is 6.42. The minimum Gasteiger partial charge on any atom is -0.313 e. The first-order valence-corrected chi connectivity index (χ1v) is 9.57. The van der Waals surface area contributed by atoms with Crippen LogP contribution >= 0.6 is 23.4 Å². The van der Waals surface area contributed by atoms with Gasteiger partial charge in [-0.05, 0) is 30.5 Å². The van der Waals surface area contributed by atoms with Gasteiger partial charge in [0, 0.05) is 18.3 Å². The van der Waals surface area contributed by atoms with Crippen LogP contribution in [0.25, 0.3) is 0 Å². The molecule has 0 spiro atoms. The Hall–Kier alpha value is -0.270. The lowest BCUT2D eigenvalue weighted by atomic mass is 10.2. The highest BCUT2D eigenvalue weighted by Crippen LogP contribution is 2.22. The molecule has 0 aromatic heterocycles. The van der Waals surface area contributed by atoms with Crippen molar-refractivity contribution in [2.24, 2.45) is 0 Å². The molecule has 1 unspecified atom stereocenters. The molecule has 0 fully saturated rings. The summed E-state index contributed by atoms with van der Waals surface area (Å²) in [5.74, 6) is 0. The van der Waals surface area contributed by atoms with E-state index in [2.05, 4.69) is 10.0 Å². The van der Waals surface area contributed by atoms with Crippen molar-refractivity contribution >= 4 is 33.4 Å². The van der Waals surface area contributed by atoms with Crippen molar-refractivity contribution in [1.29, 1.82) is 0 Å². The Bertz CT molecular complexity index is 535. The molecule has 4 nitrogen and oxygen atoms in total. The van der Waals surface area contributed by atoms with Gasteiger partial charge in [0.15, 0.2) is 0 Å². The van der Waals surface area contributed by atoms with Gasteiger partial charge in [-0.3, -0.25) is 0 Å². The fourth-order valence-electron chi connectivity index (χ4n) is 1.52. The van der Waals surface area contributed by atoms with Crippen molar-refractivity contribution in [2.45, 2.75) is 30.5 Å². The molecule has 1 rings (SSSR count). The third kappa shape index (κ3) is 5.26. The number of hydrogen-bond acceptors (Lipinski definition) is 4. The molecule has 0 aliphatic carbocycles. The van der Waals surface area contributed by atoms with Crippen LogP contribution in [0.15, 0.2) is 23.1 Å². The van der Waals surface area contributed by atoms with Crippen LogP contribution in [0.4, 0.5) is 0 Å². The number of benzene rings is 1. The zero-order valence-electron chi connectivity index (χ0n) is 11.9. The summed E-state index contributed by atoms with van der Waals surface area (Å²) >= 11 is 7.63. The van der Waals surface area contributed by atoms with Gasteiger partial charge >= 0.3 is 0 Å². The summed E-state index contributed by atoms with van der Waals surface area (Å²) in [4.78, 5) is 0.142. The Morgan fingerprint density at radius 3 is 2.70 bits per heavy atom. The van der Waals surface area contributed by atoms with Gasteiger partial charge in [-0.2, -0.15) is 11.8 Å². The molecule has 1 atom stereocenters. The van der Waals surface area contributed by atoms with Crippen molar-refractivity contribution in [1.82, 2.24) is 10.0 Å². The zero-order valence-corrected chi connectivity index (χ0v) is 14.3. The van der Waals surface area contributed by atoms with E-state index in [9.17, 15) is 8.42 Å². The van der Waals surface area contributed by atoms with Gasteiger partial charge in [0.05, 0.1) is 5.02 Å². The number of rotatable bonds is 8. The second kappa shape index (κ2) is 8.24. The fourth-order valence-corrected chi connectivity index (χ4v) is 3.56. The van der Waals surface area contributed by atoms with Gasteiger partial charge in [-0.25, -0.2) is 13.1 Å². The van der Waals surface area contributed by atoms with E-state index in [1.54, 1.807) is 23.9 Å². The topological polar surface area (TPSA) is 58.2 Å². The van der Waals surface area contributed by atoms with Crippen LogP contribution < -0.4 is 10.0 Å². The Morgan fingerprint density at radius 2 is 2.10 bits per heavy atom. The number of thioether (sulfide) groups is 1. The number of halogens is 1. The van der Waals surface area contributed by atoms with Crippen LogP contribution in [0.1, 0.15) is 19.4 Å². The van der Waals surface area contributed by atoms with Crippen LogP contribution in [-0.4, -0.2) is 33.0 Å². The second-order valence-electron chi connectivity index (χ2n) is 4.44. The number of hydrogen-bond donors (Lipinski definition) is 2. The van der Waals surface area contributed by atoms with Crippen LogP contribution in [0, 0.1) is 0 Å². The van der Waals surface area contributed by atoms with Crippen LogP contribution in [0.3, 0.4) is 0 Å². The average molecular weight is 337 g/mol. The van der Waals surface area contributed by atoms with Crippen molar-refractivity contribution in [3.63, 3.8) is 0 Å². The smallest absolute Gasteiger partial charge is 0.242 e. The van der Waals surface area contributed by atoms with E-state index in [1.807, 2.05) is 26.2 Å². The molecule has 0 aliphatic heterocycles. The molecule has 7 heteroatoms. The normalized spacial score (nSPS) is 13.4. The van der Waals surface area contributed by atoms with Crippen LogP contribution in [-0.2, 0) is 16.6 Å². The molecule has 0 heterocycles. The minimum atomic E-state index is -3.57. The van der Waals surface area contributed by atoms with E-state index in [1.165, 1.54) is 0 Å². The number of sulfonamides is 1. The standard InChI is InChI=1S/C13H21ClN2O2S2/c1-4-15-9-11-5-6-12(14)13(7-11)20(17,18)16-8-10(2)19-3/h5-7,10,15-16H,4,8-9H2,1-3H3. The lowest BCUT2D eigenvalue weighted by Gasteiger charge is -2.13. The minimum absolute atomic E-state index is 0.142. The van der Waals surface area contributed by atoms with Crippen molar-refractivity contribution in [3.05, 3.63) is 28.8 Å². The van der Waals surface area contributed by atoms with E-state index < -0.39 is 10.0 Å². The Labute approximate surface area is 130 Å². The summed E-state index contributed by atoms with van der Waals surface area (Å²) in [5, 5.41) is 3.62. The molecule has 1 aromatic carbocycles. The number of nitrogens with one attached hydrogen (secondary N) is 2. The summed E-state index contributed by atoms with van der Waals surface area (Å²) in [5.41, 5.74) is 0.898. The predicted octanol–water partition coefficient (Wildman–Crippen LogP) is 2.48. The molecule has 0 amide bonds. The summed E-state index contributed by atoms with van der Waals surface area (Å²) in [7, 11) is -3.57. The summed E-state index contributed by atoms with van der Waals surface area (Å²) < 4.78 is 27.1. The van der Waals surface area contributed by atoms with Crippen LogP contribution in [0.2, 0.25) is 5.02 Å². The average Bonchev–Trinajstić information content (AvgIpc) is 2.43. The SMILES string of the molecule is CCNCc1ccc(Cl)c(S(=O)(=O)NCC(C)SC)c1. The maximum absolute atomic E-state index is 12.3. The summed E-state index contributed by atoms with van der Waals surface area (Å²) in [6.45, 7) is 5.80. The lowest BCUT2D eigenvalue weighted by molar-refractivity contribution is 0.581. The Morgan fingerprint density at radius 1 is 1.40 bits per heavy atom. The van der Waals surface area contributed by atoms with E-state index in [0.717, 1.165) is 12.1 Å². The third-order valence-electron chi connectivity index (χ3n) is 2.83. The monoisotopic (exact) mass is 336 g/mol. The Kier molecular flexibility index (Phi) is 7.33. The van der Waals surface area contributed by atoms with Gasteiger partial charge in [0.25, 0.3) is 0 Å². The predicted molar refractivity (Wildman–Crippen MR) is 87.0 cm³/mol. The molecule has 114 valence electrons. The van der Waals surface area contributed by atoms with Gasteiger partial charge in [-0.15, -0.1) is 0 Å². The highest BCUT2D eigenvalue weighted by Gasteiger charge is 2.19. The highest BCUT2D eigenvalue weighted by atomic mass is 35.5. The molecule has 2 N–H and O–H groups in total. The summed E-state index contributed by atoms with van der Waals surface area (Å²) in [6.07, 6.45) is 1.95. The lowest BCUT2D eigenvalue weighted by Crippen LogP contribution is -2.29. The molecular weight excluding hydrogens is 316 g/mol. The maximum atomic E-state index is 12.3. The highest BCUT2D eigenvalue weighted by molar-refractivity contribution is 7.99. The van der Waals surface area contributed by atoms with Crippen molar-refractivity contribution in [2.75, 3.05) is 19.3 Å². The second-order valence-corrected chi connectivity index (χ2v) is 7.86. The molecule has 0 aliphatic rings. The van der Waals surface area contributed by atoms with Gasteiger partial charge in [0.1, 0.15) is 4.90 Å². The maximum Gasteiger partial charge on any atom is 0.242 e. The molecule has 0 bridgehead atoms. The van der Waals surface area contributed by atoms with E-state index in [0.29, 0.717) is 13.1 Å². The quantitative estimate of drug-likeness (QED) is 0.765. The van der Waals surface area contributed by atoms with E-state index in [4.69, 9.17) is 11.6 Å². The summed E-state index contributed by atoms with van der Waals surface area (Å²) in [6, 6.07) is 5.08. The Balaban J connectivity index is 2.92. The zero-order chi connectivity index (χ0) is 15.2. The largest absolute Gasteiger partial charge is 0.313 e. The van der Waals surface area contributed by atoms with Gasteiger partial charge < -0.3 is 5.32 Å². The molecule has 0 saturated heterocycles. The van der Waals surface area contributed by atoms with Gasteiger partial charge in [-0.1, -0.05) is 31.5 Å². The van der Waals surface area contributed by atoms with Crippen LogP contribution in [0.5, 0.6) is 0 Å². The van der Waals surface area contributed by atoms with Crippen molar-refractivity contribution in [3.8, 4) is 0 Å². The molecule has 20 heavy (non-hydrogen) atoms. The first kappa shape index (κ1) is 17.8. The fraction of sp³-hybridized carbons (Fsp3) is 0.538. The third-order valence-corrected chi connectivity index (χ3v) is 5.70. The van der Waals surface area contributed by atoms with E-state index in [-0.39, 0.29) is 15.2 Å². The first-order chi connectivity index (χ1) is 9.40.